The summed E-state index contributed by atoms with van der Waals surface area (Å²) >= 11 is 0. The van der Waals surface area contributed by atoms with Crippen LogP contribution in [0.5, 0.6) is 0 Å². The molecule has 0 radical (unpaired) electrons. The van der Waals surface area contributed by atoms with Gasteiger partial charge in [0.05, 0.1) is 18.8 Å². The molecule has 0 spiro atoms. The predicted molar refractivity (Wildman–Crippen MR) is 136 cm³/mol. The molecule has 0 fully saturated rings. The van der Waals surface area contributed by atoms with Crippen LogP contribution in [0.4, 0.5) is 11.9 Å². The van der Waals surface area contributed by atoms with Crippen LogP contribution >= 0.6 is 0 Å². The van der Waals surface area contributed by atoms with Crippen molar-refractivity contribution in [3.63, 3.8) is 0 Å². The molecule has 0 unspecified atom stereocenters. The van der Waals surface area contributed by atoms with Crippen LogP contribution in [0.2, 0.25) is 0 Å². The average molecular weight is 460 g/mol. The molecule has 3 aromatic heterocycles. The molecule has 3 N–H and O–H groups in total. The summed E-state index contributed by atoms with van der Waals surface area (Å²) in [6, 6.07) is 12.2. The second-order valence-corrected chi connectivity index (χ2v) is 9.27. The molecule has 8 nitrogen and oxygen atoms in total. The highest BCUT2D eigenvalue weighted by Crippen LogP contribution is 2.25. The molecular formula is C26H33N7O. The number of fused-ring (bicyclic) bond motifs is 1. The van der Waals surface area contributed by atoms with E-state index in [1.54, 1.807) is 4.52 Å². The molecule has 0 bridgehead atoms. The van der Waals surface area contributed by atoms with E-state index in [9.17, 15) is 5.11 Å². The Morgan fingerprint density at radius 1 is 1.00 bits per heavy atom. The van der Waals surface area contributed by atoms with Crippen LogP contribution in [0.25, 0.3) is 16.8 Å². The summed E-state index contributed by atoms with van der Waals surface area (Å²) in [6.07, 6.45) is 6.35. The second-order valence-electron chi connectivity index (χ2n) is 9.27. The van der Waals surface area contributed by atoms with Gasteiger partial charge in [-0.1, -0.05) is 58.0 Å². The van der Waals surface area contributed by atoms with Crippen molar-refractivity contribution in [3.05, 3.63) is 66.1 Å². The van der Waals surface area contributed by atoms with Gasteiger partial charge in [-0.3, -0.25) is 4.98 Å². The highest BCUT2D eigenvalue weighted by atomic mass is 16.3. The predicted octanol–water partition coefficient (Wildman–Crippen LogP) is 4.74. The van der Waals surface area contributed by atoms with Crippen molar-refractivity contribution in [3.8, 4) is 11.1 Å². The number of nitrogens with one attached hydrogen (secondary N) is 2. The summed E-state index contributed by atoms with van der Waals surface area (Å²) in [6.45, 7) is 9.05. The van der Waals surface area contributed by atoms with Gasteiger partial charge in [0.25, 0.3) is 0 Å². The van der Waals surface area contributed by atoms with Crippen LogP contribution in [-0.2, 0) is 6.54 Å². The van der Waals surface area contributed by atoms with Crippen LogP contribution < -0.4 is 10.6 Å². The Labute approximate surface area is 200 Å². The van der Waals surface area contributed by atoms with Crippen molar-refractivity contribution in [2.45, 2.75) is 52.6 Å². The molecule has 4 aromatic rings. The van der Waals surface area contributed by atoms with Gasteiger partial charge in [-0.2, -0.15) is 19.6 Å². The summed E-state index contributed by atoms with van der Waals surface area (Å²) in [5.41, 5.74) is 5.11. The Kier molecular flexibility index (Phi) is 7.37. The minimum absolute atomic E-state index is 0.0158. The van der Waals surface area contributed by atoms with Crippen molar-refractivity contribution in [2.24, 2.45) is 5.92 Å². The number of aliphatic hydroxyl groups is 1. The number of benzene rings is 1. The molecule has 3 heterocycles. The number of aromatic nitrogens is 5. The molecule has 0 amide bonds. The molecule has 1 aromatic carbocycles. The number of rotatable bonds is 10. The molecule has 0 aliphatic heterocycles. The molecule has 0 aliphatic carbocycles. The molecule has 0 aliphatic rings. The zero-order chi connectivity index (χ0) is 24.1. The van der Waals surface area contributed by atoms with E-state index in [1.165, 1.54) is 0 Å². The zero-order valence-corrected chi connectivity index (χ0v) is 20.2. The van der Waals surface area contributed by atoms with Gasteiger partial charge in [0.2, 0.25) is 11.9 Å². The van der Waals surface area contributed by atoms with E-state index in [0.717, 1.165) is 34.3 Å². The maximum absolute atomic E-state index is 9.85. The fraction of sp³-hybridized carbons (Fsp3) is 0.385. The SMILES string of the molecule is CC(C)C[C@@H](CO)Nc1nc(NCc2cnccc2-c2ccccc2)n2ncc(C(C)C)c2n1. The van der Waals surface area contributed by atoms with Crippen molar-refractivity contribution < 1.29 is 5.11 Å². The molecule has 0 saturated carbocycles. The van der Waals surface area contributed by atoms with Crippen molar-refractivity contribution >= 4 is 17.5 Å². The minimum atomic E-state index is -0.122. The Morgan fingerprint density at radius 3 is 2.50 bits per heavy atom. The molecular weight excluding hydrogens is 426 g/mol. The van der Waals surface area contributed by atoms with Gasteiger partial charge in [-0.25, -0.2) is 0 Å². The minimum Gasteiger partial charge on any atom is -0.394 e. The van der Waals surface area contributed by atoms with E-state index >= 15 is 0 Å². The lowest BCUT2D eigenvalue weighted by molar-refractivity contribution is 0.259. The lowest BCUT2D eigenvalue weighted by Crippen LogP contribution is -2.27. The first-order valence-corrected chi connectivity index (χ1v) is 11.8. The van der Waals surface area contributed by atoms with Gasteiger partial charge in [0, 0.05) is 24.5 Å². The van der Waals surface area contributed by atoms with Crippen LogP contribution in [0, 0.1) is 5.92 Å². The van der Waals surface area contributed by atoms with Crippen LogP contribution in [0.3, 0.4) is 0 Å². The average Bonchev–Trinajstić information content (AvgIpc) is 3.27. The van der Waals surface area contributed by atoms with Crippen LogP contribution in [0.1, 0.15) is 51.2 Å². The third-order valence-corrected chi connectivity index (χ3v) is 5.75. The number of hydrogen-bond acceptors (Lipinski definition) is 7. The van der Waals surface area contributed by atoms with Gasteiger partial charge in [0.15, 0.2) is 5.65 Å². The maximum Gasteiger partial charge on any atom is 0.229 e. The van der Waals surface area contributed by atoms with Gasteiger partial charge in [-0.15, -0.1) is 0 Å². The summed E-state index contributed by atoms with van der Waals surface area (Å²) in [5, 5.41) is 21.2. The second kappa shape index (κ2) is 10.6. The topological polar surface area (TPSA) is 100 Å². The van der Waals surface area contributed by atoms with Crippen LogP contribution in [-0.4, -0.2) is 42.3 Å². The van der Waals surface area contributed by atoms with E-state index in [4.69, 9.17) is 9.97 Å². The molecule has 8 heteroatoms. The quantitative estimate of drug-likeness (QED) is 0.315. The zero-order valence-electron chi connectivity index (χ0n) is 20.2. The molecule has 1 atom stereocenters. The number of anilines is 2. The van der Waals surface area contributed by atoms with Gasteiger partial charge in [0.1, 0.15) is 0 Å². The molecule has 0 saturated heterocycles. The maximum atomic E-state index is 9.85. The van der Waals surface area contributed by atoms with E-state index in [1.807, 2.05) is 42.9 Å². The van der Waals surface area contributed by atoms with Gasteiger partial charge in [-0.05, 0) is 41.0 Å². The third-order valence-electron chi connectivity index (χ3n) is 5.75. The number of pyridine rings is 1. The normalized spacial score (nSPS) is 12.4. The number of aliphatic hydroxyl groups excluding tert-OH is 1. The third kappa shape index (κ3) is 5.34. The summed E-state index contributed by atoms with van der Waals surface area (Å²) < 4.78 is 1.75. The summed E-state index contributed by atoms with van der Waals surface area (Å²) in [5.74, 6) is 1.77. The first-order chi connectivity index (χ1) is 16.5. The standard InChI is InChI=1S/C26H33N7O/c1-17(2)12-21(16-34)30-25-31-24-23(18(3)4)15-29-33(24)26(32-25)28-14-20-13-27-11-10-22(20)19-8-6-5-7-9-19/h5-11,13,15,17-18,21,34H,12,14,16H2,1-4H3,(H2,28,30,31,32)/t21-/m0/s1. The van der Waals surface area contributed by atoms with Crippen molar-refractivity contribution in [1.29, 1.82) is 0 Å². The summed E-state index contributed by atoms with van der Waals surface area (Å²) in [4.78, 5) is 13.8. The molecule has 34 heavy (non-hydrogen) atoms. The molecule has 4 rings (SSSR count). The Bertz CT molecular complexity index is 1220. The van der Waals surface area contributed by atoms with E-state index < -0.39 is 0 Å². The van der Waals surface area contributed by atoms with E-state index in [2.05, 4.69) is 60.5 Å². The highest BCUT2D eigenvalue weighted by molar-refractivity contribution is 5.67. The fourth-order valence-electron chi connectivity index (χ4n) is 4.05. The monoisotopic (exact) mass is 459 g/mol. The lowest BCUT2D eigenvalue weighted by Gasteiger charge is -2.19. The first-order valence-electron chi connectivity index (χ1n) is 11.8. The number of nitrogens with zero attached hydrogens (tertiary/aromatic N) is 5. The Morgan fingerprint density at radius 2 is 1.79 bits per heavy atom. The van der Waals surface area contributed by atoms with Crippen molar-refractivity contribution in [1.82, 2.24) is 24.6 Å². The largest absolute Gasteiger partial charge is 0.394 e. The Hall–Kier alpha value is -3.52. The van der Waals surface area contributed by atoms with Crippen molar-refractivity contribution in [2.75, 3.05) is 17.2 Å². The first kappa shape index (κ1) is 23.6. The van der Waals surface area contributed by atoms with E-state index in [-0.39, 0.29) is 18.6 Å². The molecule has 178 valence electrons. The van der Waals surface area contributed by atoms with E-state index in [0.29, 0.717) is 24.4 Å². The smallest absolute Gasteiger partial charge is 0.229 e. The van der Waals surface area contributed by atoms with Gasteiger partial charge < -0.3 is 15.7 Å². The van der Waals surface area contributed by atoms with Gasteiger partial charge >= 0.3 is 0 Å². The number of hydrogen-bond donors (Lipinski definition) is 3. The fourth-order valence-corrected chi connectivity index (χ4v) is 4.05. The lowest BCUT2D eigenvalue weighted by atomic mass is 10.0. The Balaban J connectivity index is 1.67. The summed E-state index contributed by atoms with van der Waals surface area (Å²) in [7, 11) is 0. The van der Waals surface area contributed by atoms with Crippen LogP contribution in [0.15, 0.2) is 55.0 Å². The highest BCUT2D eigenvalue weighted by Gasteiger charge is 2.18.